The number of aryl methyl sites for hydroxylation is 1. The zero-order chi connectivity index (χ0) is 18.8. The standard InChI is InChI=1S/C20H28N2O4/c1-19(2,25)10-8-15-4-6-16(7-5-15)17(23)22-12-3-9-20(11-13-22)14-21-18(24)26-20/h4-7,25H,3,8-14H2,1-2H3,(H,21,24). The lowest BCUT2D eigenvalue weighted by Gasteiger charge is -2.25. The van der Waals surface area contributed by atoms with Gasteiger partial charge in [-0.15, -0.1) is 0 Å². The molecule has 2 aliphatic heterocycles. The second-order valence-electron chi connectivity index (χ2n) is 8.08. The van der Waals surface area contributed by atoms with Gasteiger partial charge in [-0.25, -0.2) is 4.79 Å². The highest BCUT2D eigenvalue weighted by Crippen LogP contribution is 2.29. The van der Waals surface area contributed by atoms with Crippen LogP contribution in [0.4, 0.5) is 4.79 Å². The van der Waals surface area contributed by atoms with E-state index in [1.54, 1.807) is 13.8 Å². The number of carbonyl (C=O) groups is 2. The Bertz CT molecular complexity index is 665. The minimum Gasteiger partial charge on any atom is -0.441 e. The summed E-state index contributed by atoms with van der Waals surface area (Å²) in [5.74, 6) is 0.0216. The van der Waals surface area contributed by atoms with Crippen LogP contribution in [0.5, 0.6) is 0 Å². The average molecular weight is 360 g/mol. The minimum absolute atomic E-state index is 0.0216. The largest absolute Gasteiger partial charge is 0.441 e. The summed E-state index contributed by atoms with van der Waals surface area (Å²) in [7, 11) is 0. The molecule has 0 radical (unpaired) electrons. The summed E-state index contributed by atoms with van der Waals surface area (Å²) < 4.78 is 5.47. The van der Waals surface area contributed by atoms with Crippen LogP contribution in [0.2, 0.25) is 0 Å². The fraction of sp³-hybridized carbons (Fsp3) is 0.600. The lowest BCUT2D eigenvalue weighted by molar-refractivity contribution is 0.0438. The van der Waals surface area contributed by atoms with Crippen LogP contribution in [0.25, 0.3) is 0 Å². The van der Waals surface area contributed by atoms with Crippen LogP contribution in [0.3, 0.4) is 0 Å². The molecule has 2 saturated heterocycles. The first-order valence-electron chi connectivity index (χ1n) is 9.34. The van der Waals surface area contributed by atoms with Crippen molar-refractivity contribution in [1.82, 2.24) is 10.2 Å². The average Bonchev–Trinajstić information content (AvgIpc) is 2.83. The Morgan fingerprint density at radius 1 is 1.27 bits per heavy atom. The van der Waals surface area contributed by atoms with E-state index in [4.69, 9.17) is 4.74 Å². The van der Waals surface area contributed by atoms with Gasteiger partial charge in [-0.2, -0.15) is 0 Å². The fourth-order valence-corrected chi connectivity index (χ4v) is 3.60. The molecule has 1 atom stereocenters. The van der Waals surface area contributed by atoms with Gasteiger partial charge in [-0.1, -0.05) is 12.1 Å². The van der Waals surface area contributed by atoms with Gasteiger partial charge in [0.1, 0.15) is 5.60 Å². The number of nitrogens with one attached hydrogen (secondary N) is 1. The Labute approximate surface area is 154 Å². The van der Waals surface area contributed by atoms with E-state index < -0.39 is 11.2 Å². The first-order chi connectivity index (χ1) is 12.3. The van der Waals surface area contributed by atoms with Crippen molar-refractivity contribution >= 4 is 12.0 Å². The molecule has 1 aromatic rings. The molecule has 6 nitrogen and oxygen atoms in total. The maximum Gasteiger partial charge on any atom is 0.407 e. The number of nitrogens with zero attached hydrogens (tertiary/aromatic N) is 1. The number of ether oxygens (including phenoxy) is 1. The Morgan fingerprint density at radius 2 is 2.00 bits per heavy atom. The SMILES string of the molecule is CC(C)(O)CCc1ccc(C(=O)N2CCCC3(CC2)CNC(=O)O3)cc1. The number of benzene rings is 1. The van der Waals surface area contributed by atoms with Crippen molar-refractivity contribution in [2.75, 3.05) is 19.6 Å². The highest BCUT2D eigenvalue weighted by Gasteiger charge is 2.41. The van der Waals surface area contributed by atoms with Gasteiger partial charge in [0.05, 0.1) is 12.1 Å². The molecule has 3 rings (SSSR count). The predicted molar refractivity (Wildman–Crippen MR) is 98.0 cm³/mol. The third kappa shape index (κ3) is 4.55. The molecule has 1 spiro atoms. The number of amides is 2. The number of likely N-dealkylation sites (tertiary alicyclic amines) is 1. The highest BCUT2D eigenvalue weighted by atomic mass is 16.6. The van der Waals surface area contributed by atoms with Gasteiger partial charge in [-0.3, -0.25) is 4.79 Å². The first kappa shape index (κ1) is 18.7. The fourth-order valence-electron chi connectivity index (χ4n) is 3.60. The minimum atomic E-state index is -0.685. The van der Waals surface area contributed by atoms with Crippen molar-refractivity contribution in [2.45, 2.75) is 57.2 Å². The van der Waals surface area contributed by atoms with E-state index in [0.29, 0.717) is 38.0 Å². The maximum absolute atomic E-state index is 12.8. The number of hydrogen-bond acceptors (Lipinski definition) is 4. The van der Waals surface area contributed by atoms with E-state index in [9.17, 15) is 14.7 Å². The summed E-state index contributed by atoms with van der Waals surface area (Å²) in [4.78, 5) is 26.0. The lowest BCUT2D eigenvalue weighted by atomic mass is 9.95. The Balaban J connectivity index is 1.59. The molecule has 26 heavy (non-hydrogen) atoms. The van der Waals surface area contributed by atoms with Gasteiger partial charge >= 0.3 is 6.09 Å². The third-order valence-electron chi connectivity index (χ3n) is 5.28. The van der Waals surface area contributed by atoms with Gasteiger partial charge in [0, 0.05) is 25.1 Å². The van der Waals surface area contributed by atoms with Gasteiger partial charge < -0.3 is 20.1 Å². The van der Waals surface area contributed by atoms with Crippen LogP contribution in [0.1, 0.15) is 55.5 Å². The monoisotopic (exact) mass is 360 g/mol. The van der Waals surface area contributed by atoms with E-state index in [1.807, 2.05) is 29.2 Å². The van der Waals surface area contributed by atoms with Crippen molar-refractivity contribution in [3.05, 3.63) is 35.4 Å². The molecule has 0 aromatic heterocycles. The highest BCUT2D eigenvalue weighted by molar-refractivity contribution is 5.94. The van der Waals surface area contributed by atoms with Crippen molar-refractivity contribution in [3.63, 3.8) is 0 Å². The van der Waals surface area contributed by atoms with Crippen LogP contribution >= 0.6 is 0 Å². The zero-order valence-electron chi connectivity index (χ0n) is 15.6. The molecule has 6 heteroatoms. The van der Waals surface area contributed by atoms with Crippen molar-refractivity contribution in [3.8, 4) is 0 Å². The second-order valence-corrected chi connectivity index (χ2v) is 8.08. The number of aliphatic hydroxyl groups is 1. The van der Waals surface area contributed by atoms with E-state index >= 15 is 0 Å². The van der Waals surface area contributed by atoms with Gasteiger partial charge in [0.25, 0.3) is 5.91 Å². The molecule has 0 saturated carbocycles. The topological polar surface area (TPSA) is 78.9 Å². The van der Waals surface area contributed by atoms with E-state index in [0.717, 1.165) is 24.8 Å². The summed E-state index contributed by atoms with van der Waals surface area (Å²) in [6.07, 6.45) is 3.38. The smallest absolute Gasteiger partial charge is 0.407 e. The molecule has 1 unspecified atom stereocenters. The molecule has 2 heterocycles. The van der Waals surface area contributed by atoms with E-state index in [1.165, 1.54) is 0 Å². The number of rotatable bonds is 4. The third-order valence-corrected chi connectivity index (χ3v) is 5.28. The normalized spacial score (nSPS) is 23.5. The molecule has 1 aromatic carbocycles. The summed E-state index contributed by atoms with van der Waals surface area (Å²) in [5, 5.41) is 12.6. The molecule has 2 N–H and O–H groups in total. The Hall–Kier alpha value is -2.08. The van der Waals surface area contributed by atoms with Crippen molar-refractivity contribution in [2.24, 2.45) is 0 Å². The van der Waals surface area contributed by atoms with E-state index in [2.05, 4.69) is 5.32 Å². The molecular formula is C20H28N2O4. The maximum atomic E-state index is 12.8. The van der Waals surface area contributed by atoms with Crippen molar-refractivity contribution in [1.29, 1.82) is 0 Å². The quantitative estimate of drug-likeness (QED) is 0.865. The Kier molecular flexibility index (Phi) is 5.23. The molecule has 142 valence electrons. The summed E-state index contributed by atoms with van der Waals surface area (Å²) >= 11 is 0. The van der Waals surface area contributed by atoms with Crippen LogP contribution in [-0.2, 0) is 11.2 Å². The molecule has 0 aliphatic carbocycles. The molecular weight excluding hydrogens is 332 g/mol. The number of alkyl carbamates (subject to hydrolysis) is 1. The van der Waals surface area contributed by atoms with Gasteiger partial charge in [-0.05, 0) is 57.2 Å². The predicted octanol–water partition coefficient (Wildman–Crippen LogP) is 2.49. The Morgan fingerprint density at radius 3 is 2.62 bits per heavy atom. The summed E-state index contributed by atoms with van der Waals surface area (Å²) in [6, 6.07) is 7.64. The van der Waals surface area contributed by atoms with Crippen LogP contribution < -0.4 is 5.32 Å². The van der Waals surface area contributed by atoms with Gasteiger partial charge in [0.2, 0.25) is 0 Å². The summed E-state index contributed by atoms with van der Waals surface area (Å²) in [5.41, 5.74) is 0.652. The number of carbonyl (C=O) groups excluding carboxylic acids is 2. The summed E-state index contributed by atoms with van der Waals surface area (Å²) in [6.45, 7) is 5.40. The van der Waals surface area contributed by atoms with E-state index in [-0.39, 0.29) is 12.0 Å². The zero-order valence-corrected chi connectivity index (χ0v) is 15.6. The first-order valence-corrected chi connectivity index (χ1v) is 9.34. The van der Waals surface area contributed by atoms with Crippen LogP contribution in [0.15, 0.2) is 24.3 Å². The molecule has 2 fully saturated rings. The van der Waals surface area contributed by atoms with Crippen LogP contribution in [0, 0.1) is 0 Å². The second kappa shape index (κ2) is 7.27. The molecule has 2 amide bonds. The number of hydrogen-bond donors (Lipinski definition) is 2. The molecule has 2 aliphatic rings. The van der Waals surface area contributed by atoms with Crippen molar-refractivity contribution < 1.29 is 19.4 Å². The van der Waals surface area contributed by atoms with Gasteiger partial charge in [0.15, 0.2) is 0 Å². The lowest BCUT2D eigenvalue weighted by Crippen LogP contribution is -2.36. The van der Waals surface area contributed by atoms with Crippen LogP contribution in [-0.4, -0.2) is 52.8 Å². The molecule has 0 bridgehead atoms.